The molecule has 0 unspecified atom stereocenters. The first kappa shape index (κ1) is 17.9. The number of carbonyl (C=O) groups excluding carboxylic acids is 1. The average Bonchev–Trinajstić information content (AvgIpc) is 3.06. The van der Waals surface area contributed by atoms with Crippen molar-refractivity contribution in [2.45, 2.75) is 32.1 Å². The Morgan fingerprint density at radius 1 is 1.21 bits per heavy atom. The van der Waals surface area contributed by atoms with Crippen LogP contribution in [0.4, 0.5) is 11.5 Å². The summed E-state index contributed by atoms with van der Waals surface area (Å²) < 4.78 is 8.65. The van der Waals surface area contributed by atoms with E-state index in [4.69, 9.17) is 4.74 Å². The van der Waals surface area contributed by atoms with Crippen molar-refractivity contribution in [1.82, 2.24) is 19.2 Å². The van der Waals surface area contributed by atoms with Crippen molar-refractivity contribution in [1.29, 1.82) is 0 Å². The van der Waals surface area contributed by atoms with Gasteiger partial charge in [-0.1, -0.05) is 19.3 Å². The monoisotopic (exact) mass is 393 g/mol. The number of hydrogen-bond donors (Lipinski definition) is 0. The summed E-state index contributed by atoms with van der Waals surface area (Å²) in [6, 6.07) is 5.56. The molecule has 4 heterocycles. The van der Waals surface area contributed by atoms with Crippen molar-refractivity contribution in [3.05, 3.63) is 46.6 Å². The average molecular weight is 393 g/mol. The lowest BCUT2D eigenvalue weighted by atomic mass is 9.84. The molecule has 1 fully saturated rings. The number of rotatable bonds is 3. The number of anilines is 2. The fourth-order valence-corrected chi connectivity index (χ4v) is 4.32. The van der Waals surface area contributed by atoms with E-state index in [-0.39, 0.29) is 17.4 Å². The standard InChI is InChI=1S/C21H23N5O3/c1-24-21(28)26-8-7-16(12-18(26)23-24)25-9-10-29-17-11-15(13-22-20(17)25)19(27)14-5-3-2-4-6-14/h7-8,11-14H,2-6,9-10H2,1H3. The highest BCUT2D eigenvalue weighted by atomic mass is 16.5. The van der Waals surface area contributed by atoms with Crippen molar-refractivity contribution < 1.29 is 9.53 Å². The molecule has 29 heavy (non-hydrogen) atoms. The Labute approximate surface area is 167 Å². The fourth-order valence-electron chi connectivity index (χ4n) is 4.32. The van der Waals surface area contributed by atoms with Crippen LogP contribution in [0.15, 0.2) is 35.4 Å². The third kappa shape index (κ3) is 3.08. The molecule has 3 aromatic heterocycles. The summed E-state index contributed by atoms with van der Waals surface area (Å²) in [5.41, 5.74) is 1.90. The molecule has 0 saturated heterocycles. The van der Waals surface area contributed by atoms with Crippen LogP contribution in [0, 0.1) is 5.92 Å². The Balaban J connectivity index is 1.48. The number of aromatic nitrogens is 4. The molecule has 1 aliphatic carbocycles. The van der Waals surface area contributed by atoms with E-state index in [0.717, 1.165) is 31.4 Å². The quantitative estimate of drug-likeness (QED) is 0.637. The summed E-state index contributed by atoms with van der Waals surface area (Å²) in [4.78, 5) is 31.5. The third-order valence-corrected chi connectivity index (χ3v) is 5.89. The molecule has 0 amide bonds. The highest BCUT2D eigenvalue weighted by Crippen LogP contribution is 2.36. The van der Waals surface area contributed by atoms with Crippen molar-refractivity contribution in [3.63, 3.8) is 0 Å². The minimum absolute atomic E-state index is 0.105. The topological polar surface area (TPSA) is 81.7 Å². The number of pyridine rings is 2. The van der Waals surface area contributed by atoms with Gasteiger partial charge in [0.25, 0.3) is 0 Å². The molecule has 8 heteroatoms. The predicted molar refractivity (Wildman–Crippen MR) is 108 cm³/mol. The van der Waals surface area contributed by atoms with E-state index in [1.165, 1.54) is 15.5 Å². The maximum atomic E-state index is 12.9. The number of nitrogens with zero attached hydrogens (tertiary/aromatic N) is 5. The summed E-state index contributed by atoms with van der Waals surface area (Å²) >= 11 is 0. The Bertz CT molecular complexity index is 1140. The summed E-state index contributed by atoms with van der Waals surface area (Å²) in [5, 5.41) is 4.26. The molecule has 0 radical (unpaired) electrons. The van der Waals surface area contributed by atoms with Gasteiger partial charge in [-0.25, -0.2) is 14.5 Å². The minimum Gasteiger partial charge on any atom is -0.488 e. The van der Waals surface area contributed by atoms with E-state index in [0.29, 0.717) is 35.9 Å². The van der Waals surface area contributed by atoms with Gasteiger partial charge in [0, 0.05) is 42.7 Å². The zero-order valence-electron chi connectivity index (χ0n) is 16.4. The molecule has 0 aromatic carbocycles. The molecule has 1 saturated carbocycles. The molecule has 3 aromatic rings. The van der Waals surface area contributed by atoms with Crippen molar-refractivity contribution in [2.75, 3.05) is 18.1 Å². The third-order valence-electron chi connectivity index (χ3n) is 5.89. The highest BCUT2D eigenvalue weighted by Gasteiger charge is 2.27. The van der Waals surface area contributed by atoms with E-state index in [1.54, 1.807) is 19.4 Å². The van der Waals surface area contributed by atoms with Crippen LogP contribution >= 0.6 is 0 Å². The van der Waals surface area contributed by atoms with Crippen LogP contribution < -0.4 is 15.3 Å². The summed E-state index contributed by atoms with van der Waals surface area (Å²) in [6.07, 6.45) is 8.78. The van der Waals surface area contributed by atoms with Crippen LogP contribution in [-0.4, -0.2) is 38.1 Å². The number of hydrogen-bond acceptors (Lipinski definition) is 6. The van der Waals surface area contributed by atoms with Crippen molar-refractivity contribution >= 4 is 22.9 Å². The summed E-state index contributed by atoms with van der Waals surface area (Å²) in [7, 11) is 1.63. The second-order valence-corrected chi connectivity index (χ2v) is 7.76. The molecule has 0 N–H and O–H groups in total. The van der Waals surface area contributed by atoms with E-state index in [1.807, 2.05) is 23.1 Å². The number of ether oxygens (including phenoxy) is 1. The SMILES string of the molecule is Cn1nc2cc(N3CCOc4cc(C(=O)C5CCCCC5)cnc43)ccn2c1=O. The normalized spacial score (nSPS) is 17.2. The molecule has 1 aliphatic heterocycles. The second kappa shape index (κ2) is 7.02. The van der Waals surface area contributed by atoms with Gasteiger partial charge in [-0.2, -0.15) is 5.10 Å². The van der Waals surface area contributed by atoms with Gasteiger partial charge < -0.3 is 9.64 Å². The molecule has 2 aliphatic rings. The number of Topliss-reactive ketones (excluding diaryl/α,β-unsaturated/α-hetero) is 1. The highest BCUT2D eigenvalue weighted by molar-refractivity contribution is 5.98. The molecule has 150 valence electrons. The predicted octanol–water partition coefficient (Wildman–Crippen LogP) is 2.72. The van der Waals surface area contributed by atoms with E-state index in [9.17, 15) is 9.59 Å². The Morgan fingerprint density at radius 3 is 2.86 bits per heavy atom. The Kier molecular flexibility index (Phi) is 4.34. The molecule has 0 bridgehead atoms. The maximum absolute atomic E-state index is 12.9. The zero-order chi connectivity index (χ0) is 20.0. The largest absolute Gasteiger partial charge is 0.488 e. The number of carbonyl (C=O) groups is 1. The Hall–Kier alpha value is -3.16. The lowest BCUT2D eigenvalue weighted by Crippen LogP contribution is -2.30. The van der Waals surface area contributed by atoms with Crippen LogP contribution in [0.2, 0.25) is 0 Å². The van der Waals surface area contributed by atoms with Gasteiger partial charge >= 0.3 is 5.69 Å². The van der Waals surface area contributed by atoms with Gasteiger partial charge in [-0.3, -0.25) is 9.20 Å². The molecule has 0 atom stereocenters. The lowest BCUT2D eigenvalue weighted by Gasteiger charge is -2.30. The van der Waals surface area contributed by atoms with Gasteiger partial charge in [0.05, 0.1) is 6.54 Å². The van der Waals surface area contributed by atoms with E-state index < -0.39 is 0 Å². The molecule has 8 nitrogen and oxygen atoms in total. The maximum Gasteiger partial charge on any atom is 0.350 e. The van der Waals surface area contributed by atoms with Crippen molar-refractivity contribution in [2.24, 2.45) is 13.0 Å². The van der Waals surface area contributed by atoms with Crippen LogP contribution in [0.5, 0.6) is 5.75 Å². The van der Waals surface area contributed by atoms with Crippen LogP contribution in [0.3, 0.4) is 0 Å². The number of fused-ring (bicyclic) bond motifs is 2. The van der Waals surface area contributed by atoms with Crippen LogP contribution in [0.25, 0.3) is 5.65 Å². The second-order valence-electron chi connectivity index (χ2n) is 7.76. The first-order chi connectivity index (χ1) is 14.1. The van der Waals surface area contributed by atoms with Crippen LogP contribution in [0.1, 0.15) is 42.5 Å². The number of ketones is 1. The zero-order valence-corrected chi connectivity index (χ0v) is 16.4. The number of aryl methyl sites for hydroxylation is 1. The molecular weight excluding hydrogens is 370 g/mol. The molecule has 5 rings (SSSR count). The summed E-state index contributed by atoms with van der Waals surface area (Å²) in [6.45, 7) is 1.12. The van der Waals surface area contributed by atoms with Crippen molar-refractivity contribution in [3.8, 4) is 5.75 Å². The molecule has 0 spiro atoms. The Morgan fingerprint density at radius 2 is 2.03 bits per heavy atom. The van der Waals surface area contributed by atoms with Gasteiger partial charge in [-0.15, -0.1) is 0 Å². The molecular formula is C21H23N5O3. The first-order valence-corrected chi connectivity index (χ1v) is 10.1. The van der Waals surface area contributed by atoms with E-state index >= 15 is 0 Å². The van der Waals surface area contributed by atoms with Gasteiger partial charge in [0.1, 0.15) is 6.61 Å². The first-order valence-electron chi connectivity index (χ1n) is 10.1. The van der Waals surface area contributed by atoms with Gasteiger partial charge in [-0.05, 0) is 25.0 Å². The summed E-state index contributed by atoms with van der Waals surface area (Å²) in [5.74, 6) is 1.58. The van der Waals surface area contributed by atoms with Gasteiger partial charge in [0.2, 0.25) is 0 Å². The fraction of sp³-hybridized carbons (Fsp3) is 0.429. The minimum atomic E-state index is -0.182. The lowest BCUT2D eigenvalue weighted by molar-refractivity contribution is 0.0888. The van der Waals surface area contributed by atoms with Crippen LogP contribution in [-0.2, 0) is 7.05 Å². The van der Waals surface area contributed by atoms with Gasteiger partial charge in [0.15, 0.2) is 23.0 Å². The smallest absolute Gasteiger partial charge is 0.350 e. The van der Waals surface area contributed by atoms with E-state index in [2.05, 4.69) is 10.1 Å².